The van der Waals surface area contributed by atoms with Crippen molar-refractivity contribution in [3.63, 3.8) is 0 Å². The van der Waals surface area contributed by atoms with E-state index in [0.717, 1.165) is 36.2 Å². The molecule has 0 aliphatic carbocycles. The fourth-order valence-corrected chi connectivity index (χ4v) is 4.80. The molecular weight excluding hydrogens is 410 g/mol. The Morgan fingerprint density at radius 2 is 1.97 bits per heavy atom. The van der Waals surface area contributed by atoms with E-state index in [9.17, 15) is 13.6 Å². The number of carbonyl (C=O) groups is 1. The number of fused-ring (bicyclic) bond motifs is 1. The van der Waals surface area contributed by atoms with Gasteiger partial charge >= 0.3 is 0 Å². The summed E-state index contributed by atoms with van der Waals surface area (Å²) in [5.41, 5.74) is 4.02. The van der Waals surface area contributed by atoms with Gasteiger partial charge in [0.1, 0.15) is 23.3 Å². The van der Waals surface area contributed by atoms with Crippen LogP contribution >= 0.6 is 0 Å². The molecule has 3 heterocycles. The highest BCUT2D eigenvalue weighted by molar-refractivity contribution is 6.32. The largest absolute Gasteiger partial charge is 0.482 e. The van der Waals surface area contributed by atoms with Crippen LogP contribution in [-0.2, 0) is 16.1 Å². The fourth-order valence-electron chi connectivity index (χ4n) is 4.80. The number of anilines is 1. The lowest BCUT2D eigenvalue weighted by molar-refractivity contribution is -0.111. The van der Waals surface area contributed by atoms with Gasteiger partial charge in [0.25, 0.3) is 5.91 Å². The number of ether oxygens (including phenoxy) is 1. The van der Waals surface area contributed by atoms with Gasteiger partial charge < -0.3 is 10.1 Å². The van der Waals surface area contributed by atoms with Crippen molar-refractivity contribution in [3.8, 4) is 0 Å². The molecule has 4 nitrogen and oxygen atoms in total. The molecule has 0 saturated carbocycles. The highest BCUT2D eigenvalue weighted by Crippen LogP contribution is 2.44. The number of likely N-dealkylation sites (tertiary alicyclic amines) is 1. The Morgan fingerprint density at radius 1 is 1.19 bits per heavy atom. The molecule has 0 aromatic heterocycles. The maximum absolute atomic E-state index is 13.7. The van der Waals surface area contributed by atoms with E-state index in [1.165, 1.54) is 12.1 Å². The molecule has 2 aromatic carbocycles. The van der Waals surface area contributed by atoms with Crippen LogP contribution in [0.15, 0.2) is 54.3 Å². The summed E-state index contributed by atoms with van der Waals surface area (Å²) >= 11 is 0. The van der Waals surface area contributed by atoms with E-state index < -0.39 is 17.6 Å². The van der Waals surface area contributed by atoms with E-state index in [-0.39, 0.29) is 5.91 Å². The smallest absolute Gasteiger partial charge is 0.260 e. The van der Waals surface area contributed by atoms with Crippen LogP contribution in [0.4, 0.5) is 14.5 Å². The van der Waals surface area contributed by atoms with Crippen molar-refractivity contribution in [1.82, 2.24) is 4.90 Å². The number of nitrogens with one attached hydrogen (secondary N) is 1. The Kier molecular flexibility index (Phi) is 5.13. The van der Waals surface area contributed by atoms with Crippen LogP contribution in [0.1, 0.15) is 43.4 Å². The molecule has 32 heavy (non-hydrogen) atoms. The maximum Gasteiger partial charge on any atom is 0.260 e. The molecule has 3 aliphatic rings. The zero-order chi connectivity index (χ0) is 22.5. The number of hydrogen-bond donors (Lipinski definition) is 1. The van der Waals surface area contributed by atoms with Crippen LogP contribution in [-0.4, -0.2) is 35.7 Å². The summed E-state index contributed by atoms with van der Waals surface area (Å²) in [7, 11) is 0. The minimum absolute atomic E-state index is 0.294. The standard InChI is InChI=1S/C26H26F2N2O2/c1-26(2)21(17-7-5-16(6-8-17)14-30-11-3-4-19(28)15-30)13-23(32-26)24-20-10-9-18(27)12-22(20)29-25(24)31/h5-10,12-13,19H,3-4,11,14-15H2,1-2H3,(H,29,31). The minimum atomic E-state index is -0.731. The monoisotopic (exact) mass is 436 g/mol. The Hall–Kier alpha value is -2.99. The first-order valence-electron chi connectivity index (χ1n) is 11.0. The van der Waals surface area contributed by atoms with Gasteiger partial charge in [0.05, 0.1) is 11.3 Å². The first-order chi connectivity index (χ1) is 15.3. The fraction of sp³-hybridized carbons (Fsp3) is 0.346. The van der Waals surface area contributed by atoms with Crippen molar-refractivity contribution < 1.29 is 18.3 Å². The SMILES string of the molecule is CC1(C)OC(=C2C(=O)Nc3cc(F)ccc32)C=C1c1ccc(CN2CCCC(F)C2)cc1. The second kappa shape index (κ2) is 7.85. The predicted molar refractivity (Wildman–Crippen MR) is 121 cm³/mol. The highest BCUT2D eigenvalue weighted by atomic mass is 19.1. The third-order valence-electron chi connectivity index (χ3n) is 6.38. The molecule has 5 rings (SSSR count). The predicted octanol–water partition coefficient (Wildman–Crippen LogP) is 5.32. The van der Waals surface area contributed by atoms with E-state index in [2.05, 4.69) is 34.5 Å². The number of allylic oxidation sites excluding steroid dienone is 1. The third-order valence-corrected chi connectivity index (χ3v) is 6.38. The van der Waals surface area contributed by atoms with Crippen molar-refractivity contribution in [3.05, 3.63) is 76.8 Å². The molecular formula is C26H26F2N2O2. The molecule has 1 N–H and O–H groups in total. The molecule has 2 aromatic rings. The quantitative estimate of drug-likeness (QED) is 0.663. The van der Waals surface area contributed by atoms with E-state index in [1.54, 1.807) is 6.07 Å². The zero-order valence-corrected chi connectivity index (χ0v) is 18.3. The summed E-state index contributed by atoms with van der Waals surface area (Å²) in [5, 5.41) is 2.72. The third kappa shape index (κ3) is 3.84. The number of carbonyl (C=O) groups excluding carboxylic acids is 1. The second-order valence-corrected chi connectivity index (χ2v) is 9.23. The number of piperidine rings is 1. The van der Waals surface area contributed by atoms with Gasteiger partial charge in [0.15, 0.2) is 0 Å². The first-order valence-corrected chi connectivity index (χ1v) is 11.0. The second-order valence-electron chi connectivity index (χ2n) is 9.23. The summed E-state index contributed by atoms with van der Waals surface area (Å²) < 4.78 is 33.5. The Bertz CT molecular complexity index is 1140. The van der Waals surface area contributed by atoms with Gasteiger partial charge in [-0.3, -0.25) is 9.69 Å². The summed E-state index contributed by atoms with van der Waals surface area (Å²) in [6, 6.07) is 12.5. The summed E-state index contributed by atoms with van der Waals surface area (Å²) in [6.45, 7) is 6.10. The molecule has 1 amide bonds. The van der Waals surface area contributed by atoms with Crippen LogP contribution < -0.4 is 5.32 Å². The lowest BCUT2D eigenvalue weighted by Gasteiger charge is -2.29. The molecule has 0 radical (unpaired) electrons. The van der Waals surface area contributed by atoms with Crippen molar-refractivity contribution in [2.45, 2.75) is 45.0 Å². The molecule has 1 saturated heterocycles. The molecule has 0 spiro atoms. The van der Waals surface area contributed by atoms with Crippen LogP contribution in [0.25, 0.3) is 11.1 Å². The van der Waals surface area contributed by atoms with Crippen molar-refractivity contribution in [1.29, 1.82) is 0 Å². The van der Waals surface area contributed by atoms with Crippen molar-refractivity contribution >= 4 is 22.7 Å². The van der Waals surface area contributed by atoms with E-state index in [4.69, 9.17) is 4.74 Å². The van der Waals surface area contributed by atoms with Crippen molar-refractivity contribution in [2.24, 2.45) is 0 Å². The Morgan fingerprint density at radius 3 is 2.72 bits per heavy atom. The summed E-state index contributed by atoms with van der Waals surface area (Å²) in [5.74, 6) is -0.206. The molecule has 3 aliphatic heterocycles. The Labute approximate surface area is 186 Å². The van der Waals surface area contributed by atoms with Gasteiger partial charge in [-0.25, -0.2) is 8.78 Å². The average molecular weight is 437 g/mol. The van der Waals surface area contributed by atoms with Gasteiger partial charge in [-0.05, 0) is 68.6 Å². The average Bonchev–Trinajstić information content (AvgIpc) is 3.22. The van der Waals surface area contributed by atoms with Crippen molar-refractivity contribution in [2.75, 3.05) is 18.4 Å². The number of nitrogens with zero attached hydrogens (tertiary/aromatic N) is 1. The van der Waals surface area contributed by atoms with Gasteiger partial charge in [0, 0.05) is 24.2 Å². The van der Waals surface area contributed by atoms with Gasteiger partial charge in [0.2, 0.25) is 0 Å². The van der Waals surface area contributed by atoms with Gasteiger partial charge in [-0.15, -0.1) is 0 Å². The number of alkyl halides is 1. The lowest BCUT2D eigenvalue weighted by Crippen LogP contribution is -2.35. The Balaban J connectivity index is 1.43. The molecule has 1 atom stereocenters. The van der Waals surface area contributed by atoms with E-state index in [0.29, 0.717) is 35.5 Å². The summed E-state index contributed by atoms with van der Waals surface area (Å²) in [6.07, 6.45) is 2.73. The van der Waals surface area contributed by atoms with Gasteiger partial charge in [-0.2, -0.15) is 0 Å². The molecule has 166 valence electrons. The van der Waals surface area contributed by atoms with E-state index >= 15 is 0 Å². The van der Waals surface area contributed by atoms with Crippen LogP contribution in [0.3, 0.4) is 0 Å². The molecule has 1 fully saturated rings. The number of halogens is 2. The topological polar surface area (TPSA) is 41.6 Å². The minimum Gasteiger partial charge on any atom is -0.482 e. The number of benzene rings is 2. The normalized spacial score (nSPS) is 24.7. The number of rotatable bonds is 3. The number of amides is 1. The first kappa shape index (κ1) is 20.9. The zero-order valence-electron chi connectivity index (χ0n) is 18.3. The van der Waals surface area contributed by atoms with Crippen LogP contribution in [0.2, 0.25) is 0 Å². The number of hydrogen-bond acceptors (Lipinski definition) is 3. The highest BCUT2D eigenvalue weighted by Gasteiger charge is 2.38. The molecule has 1 unspecified atom stereocenters. The van der Waals surface area contributed by atoms with Crippen LogP contribution in [0, 0.1) is 5.82 Å². The lowest BCUT2D eigenvalue weighted by atomic mass is 9.91. The van der Waals surface area contributed by atoms with Gasteiger partial charge in [-0.1, -0.05) is 24.3 Å². The molecule has 6 heteroatoms. The van der Waals surface area contributed by atoms with E-state index in [1.807, 2.05) is 19.9 Å². The maximum atomic E-state index is 13.7. The van der Waals surface area contributed by atoms with Crippen LogP contribution in [0.5, 0.6) is 0 Å². The summed E-state index contributed by atoms with van der Waals surface area (Å²) in [4.78, 5) is 14.8. The molecule has 0 bridgehead atoms.